The van der Waals surface area contributed by atoms with E-state index >= 15 is 0 Å². The van der Waals surface area contributed by atoms with E-state index in [0.717, 1.165) is 5.70 Å². The zero-order valence-electron chi connectivity index (χ0n) is 6.64. The molecule has 0 saturated carbocycles. The lowest BCUT2D eigenvalue weighted by Crippen LogP contribution is -2.35. The molecule has 56 valence electrons. The molecule has 0 saturated heterocycles. The zero-order valence-corrected chi connectivity index (χ0v) is 6.64. The van der Waals surface area contributed by atoms with E-state index in [1.54, 1.807) is 0 Å². The van der Waals surface area contributed by atoms with Crippen molar-refractivity contribution in [2.45, 2.75) is 20.8 Å². The highest BCUT2D eigenvalue weighted by atomic mass is 16.1. The lowest BCUT2D eigenvalue weighted by atomic mass is 9.91. The van der Waals surface area contributed by atoms with Crippen LogP contribution in [0.3, 0.4) is 0 Å². The average molecular weight is 139 g/mol. The third-order valence-electron chi connectivity index (χ3n) is 2.04. The first-order chi connectivity index (χ1) is 4.61. The Morgan fingerprint density at radius 3 is 2.60 bits per heavy atom. The molecule has 1 heterocycles. The van der Waals surface area contributed by atoms with Gasteiger partial charge in [0.15, 0.2) is 0 Å². The van der Waals surface area contributed by atoms with Crippen LogP contribution in [-0.2, 0) is 4.79 Å². The average Bonchev–Trinajstić information content (AvgIpc) is 1.82. The maximum absolute atomic E-state index is 11.1. The molecule has 1 rings (SSSR count). The van der Waals surface area contributed by atoms with Crippen molar-refractivity contribution < 1.29 is 4.79 Å². The summed E-state index contributed by atoms with van der Waals surface area (Å²) in [6, 6.07) is 0. The summed E-state index contributed by atoms with van der Waals surface area (Å²) in [7, 11) is 0. The molecule has 0 aromatic heterocycles. The minimum absolute atomic E-state index is 0.128. The van der Waals surface area contributed by atoms with Crippen LogP contribution in [0.4, 0.5) is 0 Å². The first-order valence-corrected chi connectivity index (χ1v) is 3.60. The van der Waals surface area contributed by atoms with E-state index in [1.807, 2.05) is 13.8 Å². The molecule has 0 radical (unpaired) electrons. The molecule has 0 aromatic rings. The monoisotopic (exact) mass is 139 g/mol. The maximum atomic E-state index is 11.1. The Hall–Kier alpha value is -0.790. The third-order valence-corrected chi connectivity index (χ3v) is 2.04. The van der Waals surface area contributed by atoms with Crippen molar-refractivity contribution in [1.82, 2.24) is 5.32 Å². The second-order valence-electron chi connectivity index (χ2n) is 2.99. The molecule has 0 aliphatic carbocycles. The molecule has 0 fully saturated rings. The molecule has 1 amide bonds. The van der Waals surface area contributed by atoms with Gasteiger partial charge in [0, 0.05) is 11.6 Å². The molecule has 2 nitrogen and oxygen atoms in total. The predicted octanol–water partition coefficient (Wildman–Crippen LogP) is 1.29. The van der Waals surface area contributed by atoms with Crippen LogP contribution < -0.4 is 5.32 Å². The second-order valence-corrected chi connectivity index (χ2v) is 2.99. The Bertz CT molecular complexity index is 184. The summed E-state index contributed by atoms with van der Waals surface area (Å²) < 4.78 is 0. The molecule has 1 aliphatic rings. The van der Waals surface area contributed by atoms with Gasteiger partial charge in [-0.3, -0.25) is 4.79 Å². The summed E-state index contributed by atoms with van der Waals surface area (Å²) in [5, 5.41) is 2.78. The van der Waals surface area contributed by atoms with Crippen molar-refractivity contribution in [3.05, 3.63) is 11.8 Å². The molecule has 1 N–H and O–H groups in total. The molecule has 0 spiro atoms. The number of amides is 1. The Balaban J connectivity index is 2.79. The van der Waals surface area contributed by atoms with E-state index in [4.69, 9.17) is 0 Å². The number of carbonyl (C=O) groups excluding carboxylic acids is 1. The van der Waals surface area contributed by atoms with Crippen LogP contribution in [-0.4, -0.2) is 5.91 Å². The minimum Gasteiger partial charge on any atom is -0.330 e. The summed E-state index contributed by atoms with van der Waals surface area (Å²) in [4.78, 5) is 11.1. The van der Waals surface area contributed by atoms with E-state index in [9.17, 15) is 4.79 Å². The smallest absolute Gasteiger partial charge is 0.227 e. The van der Waals surface area contributed by atoms with Gasteiger partial charge in [-0.2, -0.15) is 0 Å². The van der Waals surface area contributed by atoms with Crippen LogP contribution >= 0.6 is 0 Å². The molecule has 2 unspecified atom stereocenters. The van der Waals surface area contributed by atoms with Gasteiger partial charge < -0.3 is 5.32 Å². The van der Waals surface area contributed by atoms with Gasteiger partial charge in [0.25, 0.3) is 0 Å². The van der Waals surface area contributed by atoms with Gasteiger partial charge >= 0.3 is 0 Å². The highest BCUT2D eigenvalue weighted by Crippen LogP contribution is 2.18. The van der Waals surface area contributed by atoms with Gasteiger partial charge in [-0.1, -0.05) is 19.9 Å². The van der Waals surface area contributed by atoms with E-state index < -0.39 is 0 Å². The summed E-state index contributed by atoms with van der Waals surface area (Å²) in [6.07, 6.45) is 2.09. The van der Waals surface area contributed by atoms with Gasteiger partial charge in [-0.05, 0) is 12.8 Å². The molecule has 10 heavy (non-hydrogen) atoms. The predicted molar refractivity (Wildman–Crippen MR) is 40.2 cm³/mol. The Kier molecular flexibility index (Phi) is 1.79. The number of nitrogens with one attached hydrogen (secondary N) is 1. The standard InChI is InChI=1S/C8H13NO/c1-5-4-6(2)9-8(10)7(5)3/h4-5,7H,1-3H3,(H,9,10). The van der Waals surface area contributed by atoms with Gasteiger partial charge in [0.05, 0.1) is 0 Å². The minimum atomic E-state index is 0.128. The molecule has 0 bridgehead atoms. The SMILES string of the molecule is CC1=CC(C)C(C)C(=O)N1. The van der Waals surface area contributed by atoms with Crippen LogP contribution in [0.15, 0.2) is 11.8 Å². The zero-order chi connectivity index (χ0) is 7.72. The molecule has 1 aliphatic heterocycles. The molecular weight excluding hydrogens is 126 g/mol. The molecular formula is C8H13NO. The van der Waals surface area contributed by atoms with Gasteiger partial charge in [-0.15, -0.1) is 0 Å². The van der Waals surface area contributed by atoms with Crippen molar-refractivity contribution in [2.75, 3.05) is 0 Å². The number of carbonyl (C=O) groups is 1. The van der Waals surface area contributed by atoms with Crippen LogP contribution in [0.1, 0.15) is 20.8 Å². The summed E-state index contributed by atoms with van der Waals surface area (Å²) in [6.45, 7) is 5.93. The van der Waals surface area contributed by atoms with Gasteiger partial charge in [-0.25, -0.2) is 0 Å². The van der Waals surface area contributed by atoms with E-state index in [1.165, 1.54) is 0 Å². The quantitative estimate of drug-likeness (QED) is 0.538. The first-order valence-electron chi connectivity index (χ1n) is 3.60. The molecule has 2 heteroatoms. The Morgan fingerprint density at radius 2 is 2.10 bits per heavy atom. The number of rotatable bonds is 0. The molecule has 0 aromatic carbocycles. The Labute approximate surface area is 61.3 Å². The van der Waals surface area contributed by atoms with Crippen LogP contribution in [0.25, 0.3) is 0 Å². The lowest BCUT2D eigenvalue weighted by Gasteiger charge is -2.22. The number of allylic oxidation sites excluding steroid dienone is 2. The van der Waals surface area contributed by atoms with E-state index in [0.29, 0.717) is 5.92 Å². The highest BCUT2D eigenvalue weighted by Gasteiger charge is 2.22. The number of hydrogen-bond donors (Lipinski definition) is 1. The Morgan fingerprint density at radius 1 is 1.50 bits per heavy atom. The van der Waals surface area contributed by atoms with Crippen molar-refractivity contribution in [3.8, 4) is 0 Å². The van der Waals surface area contributed by atoms with Gasteiger partial charge in [0.1, 0.15) is 0 Å². The van der Waals surface area contributed by atoms with Crippen molar-refractivity contribution in [2.24, 2.45) is 11.8 Å². The first kappa shape index (κ1) is 7.32. The van der Waals surface area contributed by atoms with Crippen molar-refractivity contribution in [1.29, 1.82) is 0 Å². The lowest BCUT2D eigenvalue weighted by molar-refractivity contribution is -0.125. The fraction of sp³-hybridized carbons (Fsp3) is 0.625. The topological polar surface area (TPSA) is 29.1 Å². The van der Waals surface area contributed by atoms with Crippen LogP contribution in [0.5, 0.6) is 0 Å². The maximum Gasteiger partial charge on any atom is 0.227 e. The van der Waals surface area contributed by atoms with Crippen molar-refractivity contribution in [3.63, 3.8) is 0 Å². The van der Waals surface area contributed by atoms with Gasteiger partial charge in [0.2, 0.25) is 5.91 Å². The third kappa shape index (κ3) is 1.20. The summed E-state index contributed by atoms with van der Waals surface area (Å²) in [5.74, 6) is 0.657. The largest absolute Gasteiger partial charge is 0.330 e. The summed E-state index contributed by atoms with van der Waals surface area (Å²) in [5.41, 5.74) is 0.982. The van der Waals surface area contributed by atoms with E-state index in [-0.39, 0.29) is 11.8 Å². The molecule has 2 atom stereocenters. The second kappa shape index (κ2) is 2.45. The van der Waals surface area contributed by atoms with E-state index in [2.05, 4.69) is 18.3 Å². The summed E-state index contributed by atoms with van der Waals surface area (Å²) >= 11 is 0. The fourth-order valence-electron chi connectivity index (χ4n) is 1.13. The van der Waals surface area contributed by atoms with Crippen LogP contribution in [0.2, 0.25) is 0 Å². The van der Waals surface area contributed by atoms with Crippen LogP contribution in [0, 0.1) is 11.8 Å². The normalized spacial score (nSPS) is 33.1. The number of hydrogen-bond acceptors (Lipinski definition) is 1. The fourth-order valence-corrected chi connectivity index (χ4v) is 1.13. The highest BCUT2D eigenvalue weighted by molar-refractivity contribution is 5.81. The van der Waals surface area contributed by atoms with Crippen molar-refractivity contribution >= 4 is 5.91 Å².